The average molecular weight is 269 g/mol. The molecule has 0 aromatic heterocycles. The van der Waals surface area contributed by atoms with E-state index in [1.807, 2.05) is 4.90 Å². The number of nitrogens with zero attached hydrogens (tertiary/aromatic N) is 1. The maximum atomic E-state index is 12.4. The molecule has 0 bridgehead atoms. The monoisotopic (exact) mass is 269 g/mol. The number of rotatable bonds is 3. The Bertz CT molecular complexity index is 311. The van der Waals surface area contributed by atoms with Crippen LogP contribution in [0.25, 0.3) is 0 Å². The van der Waals surface area contributed by atoms with E-state index in [0.717, 1.165) is 45.3 Å². The first-order chi connectivity index (χ1) is 8.99. The highest BCUT2D eigenvalue weighted by molar-refractivity contribution is 5.77. The second-order valence-corrected chi connectivity index (χ2v) is 6.60. The second kappa shape index (κ2) is 6.23. The van der Waals surface area contributed by atoms with E-state index >= 15 is 0 Å². The zero-order valence-electron chi connectivity index (χ0n) is 12.2. The molecule has 0 radical (unpaired) electrons. The van der Waals surface area contributed by atoms with E-state index in [2.05, 4.69) is 13.8 Å². The fraction of sp³-hybridized carbons (Fsp3) is 0.933. The molecule has 0 aromatic rings. The first kappa shape index (κ1) is 14.8. The van der Waals surface area contributed by atoms with Gasteiger partial charge in [-0.2, -0.15) is 0 Å². The molecule has 0 spiro atoms. The number of carbonyl (C=O) groups is 1. The first-order valence-electron chi connectivity index (χ1n) is 7.55. The van der Waals surface area contributed by atoms with Crippen molar-refractivity contribution in [1.82, 2.24) is 4.90 Å². The molecule has 1 unspecified atom stereocenters. The third kappa shape index (κ3) is 3.93. The summed E-state index contributed by atoms with van der Waals surface area (Å²) in [7, 11) is 0. The van der Waals surface area contributed by atoms with Gasteiger partial charge in [0, 0.05) is 31.7 Å². The number of aliphatic hydroxyl groups is 1. The molecule has 1 N–H and O–H groups in total. The average Bonchev–Trinajstić information content (AvgIpc) is 2.40. The Labute approximate surface area is 116 Å². The molecule has 1 amide bonds. The summed E-state index contributed by atoms with van der Waals surface area (Å²) in [6, 6.07) is 0. The summed E-state index contributed by atoms with van der Waals surface area (Å²) in [5.74, 6) is 0.839. The topological polar surface area (TPSA) is 49.8 Å². The van der Waals surface area contributed by atoms with E-state index in [9.17, 15) is 9.90 Å². The summed E-state index contributed by atoms with van der Waals surface area (Å²) >= 11 is 0. The summed E-state index contributed by atoms with van der Waals surface area (Å²) in [4.78, 5) is 14.3. The van der Waals surface area contributed by atoms with Gasteiger partial charge in [0.1, 0.15) is 0 Å². The highest BCUT2D eigenvalue weighted by Gasteiger charge is 2.36. The second-order valence-electron chi connectivity index (χ2n) is 6.60. The lowest BCUT2D eigenvalue weighted by atomic mass is 9.88. The van der Waals surface area contributed by atoms with Crippen LogP contribution in [0.4, 0.5) is 0 Å². The number of aliphatic hydroxyl groups excluding tert-OH is 1. The number of hydrogen-bond acceptors (Lipinski definition) is 3. The Morgan fingerprint density at radius 2 is 2.00 bits per heavy atom. The Kier molecular flexibility index (Phi) is 4.85. The fourth-order valence-corrected chi connectivity index (χ4v) is 3.14. The standard InChI is InChI=1S/C15H27NO3/c1-15(2)8-5-13(17)11-16(15)14(18)4-3-12-6-9-19-10-7-12/h12-13,17H,3-11H2,1-2H3. The van der Waals surface area contributed by atoms with E-state index in [-0.39, 0.29) is 17.6 Å². The zero-order chi connectivity index (χ0) is 13.9. The van der Waals surface area contributed by atoms with Gasteiger partial charge in [0.05, 0.1) is 6.10 Å². The van der Waals surface area contributed by atoms with E-state index in [1.165, 1.54) is 0 Å². The summed E-state index contributed by atoms with van der Waals surface area (Å²) in [5, 5.41) is 9.77. The zero-order valence-corrected chi connectivity index (χ0v) is 12.2. The van der Waals surface area contributed by atoms with Crippen LogP contribution in [-0.4, -0.2) is 47.3 Å². The molecular weight excluding hydrogens is 242 g/mol. The molecular formula is C15H27NO3. The summed E-state index contributed by atoms with van der Waals surface area (Å²) in [5.41, 5.74) is -0.105. The van der Waals surface area contributed by atoms with Crippen molar-refractivity contribution >= 4 is 5.91 Å². The molecule has 4 heteroatoms. The molecule has 2 rings (SSSR count). The Hall–Kier alpha value is -0.610. The smallest absolute Gasteiger partial charge is 0.223 e. The van der Waals surface area contributed by atoms with Crippen molar-refractivity contribution in [3.8, 4) is 0 Å². The van der Waals surface area contributed by atoms with E-state index in [4.69, 9.17) is 4.74 Å². The number of carbonyl (C=O) groups excluding carboxylic acids is 1. The van der Waals surface area contributed by atoms with Gasteiger partial charge in [0.25, 0.3) is 0 Å². The molecule has 0 aromatic carbocycles. The van der Waals surface area contributed by atoms with Gasteiger partial charge >= 0.3 is 0 Å². The van der Waals surface area contributed by atoms with Crippen LogP contribution in [0.15, 0.2) is 0 Å². The van der Waals surface area contributed by atoms with Gasteiger partial charge in [-0.05, 0) is 51.9 Å². The maximum Gasteiger partial charge on any atom is 0.223 e. The van der Waals surface area contributed by atoms with Crippen LogP contribution in [0.1, 0.15) is 52.4 Å². The Balaban J connectivity index is 1.83. The largest absolute Gasteiger partial charge is 0.391 e. The third-order valence-electron chi connectivity index (χ3n) is 4.62. The van der Waals surface area contributed by atoms with Crippen molar-refractivity contribution < 1.29 is 14.6 Å². The SMILES string of the molecule is CC1(C)CCC(O)CN1C(=O)CCC1CCOCC1. The van der Waals surface area contributed by atoms with Crippen LogP contribution in [0.5, 0.6) is 0 Å². The molecule has 0 saturated carbocycles. The fourth-order valence-electron chi connectivity index (χ4n) is 3.14. The number of hydrogen-bond donors (Lipinski definition) is 1. The van der Waals surface area contributed by atoms with Crippen molar-refractivity contribution in [2.24, 2.45) is 5.92 Å². The molecule has 2 saturated heterocycles. The minimum absolute atomic E-state index is 0.105. The van der Waals surface area contributed by atoms with Gasteiger partial charge in [-0.1, -0.05) is 0 Å². The van der Waals surface area contributed by atoms with Gasteiger partial charge in [-0.15, -0.1) is 0 Å². The Morgan fingerprint density at radius 3 is 2.68 bits per heavy atom. The van der Waals surface area contributed by atoms with Gasteiger partial charge in [-0.3, -0.25) is 4.79 Å². The van der Waals surface area contributed by atoms with Gasteiger partial charge in [-0.25, -0.2) is 0 Å². The number of piperidine rings is 1. The lowest BCUT2D eigenvalue weighted by Gasteiger charge is -2.44. The molecule has 2 fully saturated rings. The number of amides is 1. The van der Waals surface area contributed by atoms with Crippen LogP contribution in [0, 0.1) is 5.92 Å². The first-order valence-corrected chi connectivity index (χ1v) is 7.55. The Morgan fingerprint density at radius 1 is 1.32 bits per heavy atom. The molecule has 2 aliphatic rings. The molecule has 2 aliphatic heterocycles. The van der Waals surface area contributed by atoms with Crippen LogP contribution >= 0.6 is 0 Å². The lowest BCUT2D eigenvalue weighted by Crippen LogP contribution is -2.54. The van der Waals surface area contributed by atoms with Gasteiger partial charge in [0.2, 0.25) is 5.91 Å². The van der Waals surface area contributed by atoms with E-state index in [0.29, 0.717) is 18.9 Å². The predicted molar refractivity (Wildman–Crippen MR) is 73.8 cm³/mol. The number of β-amino-alcohol motifs (C(OH)–C–C–N with tert-alkyl or cyclic N) is 1. The van der Waals surface area contributed by atoms with Crippen LogP contribution in [-0.2, 0) is 9.53 Å². The number of ether oxygens (including phenoxy) is 1. The summed E-state index contributed by atoms with van der Waals surface area (Å²) < 4.78 is 5.34. The van der Waals surface area contributed by atoms with Crippen molar-refractivity contribution in [3.63, 3.8) is 0 Å². The summed E-state index contributed by atoms with van der Waals surface area (Å²) in [6.45, 7) is 6.38. The van der Waals surface area contributed by atoms with E-state index in [1.54, 1.807) is 0 Å². The van der Waals surface area contributed by atoms with Crippen molar-refractivity contribution in [1.29, 1.82) is 0 Å². The minimum Gasteiger partial charge on any atom is -0.391 e. The lowest BCUT2D eigenvalue weighted by molar-refractivity contribution is -0.142. The van der Waals surface area contributed by atoms with Crippen LogP contribution < -0.4 is 0 Å². The van der Waals surface area contributed by atoms with E-state index < -0.39 is 0 Å². The van der Waals surface area contributed by atoms with Gasteiger partial charge in [0.15, 0.2) is 0 Å². The quantitative estimate of drug-likeness (QED) is 0.852. The molecule has 19 heavy (non-hydrogen) atoms. The van der Waals surface area contributed by atoms with Gasteiger partial charge < -0.3 is 14.7 Å². The highest BCUT2D eigenvalue weighted by atomic mass is 16.5. The minimum atomic E-state index is -0.347. The maximum absolute atomic E-state index is 12.4. The predicted octanol–water partition coefficient (Wildman–Crippen LogP) is 1.96. The molecule has 0 aliphatic carbocycles. The van der Waals surface area contributed by atoms with Crippen molar-refractivity contribution in [2.45, 2.75) is 64.0 Å². The van der Waals surface area contributed by atoms with Crippen LogP contribution in [0.3, 0.4) is 0 Å². The summed E-state index contributed by atoms with van der Waals surface area (Å²) in [6.07, 6.45) is 5.08. The molecule has 4 nitrogen and oxygen atoms in total. The third-order valence-corrected chi connectivity index (χ3v) is 4.62. The normalized spacial score (nSPS) is 28.4. The number of likely N-dealkylation sites (tertiary alicyclic amines) is 1. The van der Waals surface area contributed by atoms with Crippen molar-refractivity contribution in [2.75, 3.05) is 19.8 Å². The molecule has 110 valence electrons. The van der Waals surface area contributed by atoms with Crippen LogP contribution in [0.2, 0.25) is 0 Å². The molecule has 1 atom stereocenters. The molecule has 2 heterocycles. The van der Waals surface area contributed by atoms with Crippen molar-refractivity contribution in [3.05, 3.63) is 0 Å². The highest BCUT2D eigenvalue weighted by Crippen LogP contribution is 2.29.